The van der Waals surface area contributed by atoms with E-state index in [0.29, 0.717) is 5.56 Å². The maximum absolute atomic E-state index is 13.2. The van der Waals surface area contributed by atoms with E-state index in [2.05, 4.69) is 5.32 Å². The van der Waals surface area contributed by atoms with E-state index >= 15 is 0 Å². The highest BCUT2D eigenvalue weighted by atomic mass is 19.2. The molecule has 118 valence electrons. The molecule has 1 atom stereocenters. The SMILES string of the molecule is CCC(NCc1cc(F)c(F)c(F)c1)c1ccc(OC)cc1. The van der Waals surface area contributed by atoms with E-state index in [1.54, 1.807) is 7.11 Å². The first kappa shape index (κ1) is 16.4. The standard InChI is InChI=1S/C17H18F3NO/c1-3-16(12-4-6-13(22-2)7-5-12)21-10-11-8-14(18)17(20)15(19)9-11/h4-9,16,21H,3,10H2,1-2H3. The second-order valence-corrected chi connectivity index (χ2v) is 4.99. The van der Waals surface area contributed by atoms with Crippen LogP contribution in [0.4, 0.5) is 13.2 Å². The molecule has 2 rings (SSSR count). The van der Waals surface area contributed by atoms with Gasteiger partial charge in [-0.3, -0.25) is 0 Å². The summed E-state index contributed by atoms with van der Waals surface area (Å²) < 4.78 is 44.4. The molecule has 22 heavy (non-hydrogen) atoms. The second kappa shape index (κ2) is 7.31. The number of methoxy groups -OCH3 is 1. The van der Waals surface area contributed by atoms with Crippen molar-refractivity contribution in [3.05, 3.63) is 65.0 Å². The Bertz CT molecular complexity index is 605. The molecule has 2 aromatic rings. The topological polar surface area (TPSA) is 21.3 Å². The molecule has 0 saturated heterocycles. The Balaban J connectivity index is 2.07. The van der Waals surface area contributed by atoms with Crippen molar-refractivity contribution in [3.8, 4) is 5.75 Å². The van der Waals surface area contributed by atoms with Crippen molar-refractivity contribution in [2.24, 2.45) is 0 Å². The minimum absolute atomic E-state index is 0.0297. The first-order valence-electron chi connectivity index (χ1n) is 7.06. The predicted octanol–water partition coefficient (Wildman–Crippen LogP) is 4.35. The molecule has 0 aromatic heterocycles. The molecule has 0 bridgehead atoms. The van der Waals surface area contributed by atoms with Crippen LogP contribution in [0.2, 0.25) is 0 Å². The van der Waals surface area contributed by atoms with Crippen LogP contribution in [0.1, 0.15) is 30.5 Å². The smallest absolute Gasteiger partial charge is 0.194 e. The summed E-state index contributed by atoms with van der Waals surface area (Å²) in [6.07, 6.45) is 0.804. The van der Waals surface area contributed by atoms with Crippen molar-refractivity contribution in [1.29, 1.82) is 0 Å². The summed E-state index contributed by atoms with van der Waals surface area (Å²) >= 11 is 0. The van der Waals surface area contributed by atoms with Crippen LogP contribution >= 0.6 is 0 Å². The molecule has 0 spiro atoms. The minimum atomic E-state index is -1.44. The number of halogens is 3. The second-order valence-electron chi connectivity index (χ2n) is 4.99. The van der Waals surface area contributed by atoms with Crippen LogP contribution < -0.4 is 10.1 Å². The fraction of sp³-hybridized carbons (Fsp3) is 0.294. The quantitative estimate of drug-likeness (QED) is 0.801. The molecule has 1 unspecified atom stereocenters. The van der Waals surface area contributed by atoms with Gasteiger partial charge in [0.2, 0.25) is 0 Å². The van der Waals surface area contributed by atoms with Gasteiger partial charge in [-0.2, -0.15) is 0 Å². The zero-order valence-electron chi connectivity index (χ0n) is 12.5. The van der Waals surface area contributed by atoms with E-state index in [1.165, 1.54) is 0 Å². The van der Waals surface area contributed by atoms with E-state index in [-0.39, 0.29) is 12.6 Å². The van der Waals surface area contributed by atoms with Crippen molar-refractivity contribution >= 4 is 0 Å². The summed E-state index contributed by atoms with van der Waals surface area (Å²) in [5.41, 5.74) is 1.41. The van der Waals surface area contributed by atoms with E-state index < -0.39 is 17.5 Å². The van der Waals surface area contributed by atoms with Crippen LogP contribution in [0.25, 0.3) is 0 Å². The summed E-state index contributed by atoms with van der Waals surface area (Å²) in [6, 6.07) is 9.63. The van der Waals surface area contributed by atoms with Crippen molar-refractivity contribution in [1.82, 2.24) is 5.32 Å². The van der Waals surface area contributed by atoms with Gasteiger partial charge in [-0.05, 0) is 41.8 Å². The Morgan fingerprint density at radius 1 is 1.05 bits per heavy atom. The molecule has 5 heteroatoms. The van der Waals surface area contributed by atoms with Crippen LogP contribution in [-0.2, 0) is 6.54 Å². The maximum Gasteiger partial charge on any atom is 0.194 e. The number of nitrogens with one attached hydrogen (secondary N) is 1. The average molecular weight is 309 g/mol. The third-order valence-corrected chi connectivity index (χ3v) is 3.52. The number of hydrogen-bond acceptors (Lipinski definition) is 2. The van der Waals surface area contributed by atoms with Gasteiger partial charge in [-0.25, -0.2) is 13.2 Å². The number of benzene rings is 2. The van der Waals surface area contributed by atoms with Gasteiger partial charge in [0, 0.05) is 12.6 Å². The van der Waals surface area contributed by atoms with Crippen LogP contribution in [-0.4, -0.2) is 7.11 Å². The lowest BCUT2D eigenvalue weighted by molar-refractivity contribution is 0.414. The van der Waals surface area contributed by atoms with Gasteiger partial charge in [-0.15, -0.1) is 0 Å². The van der Waals surface area contributed by atoms with Gasteiger partial charge < -0.3 is 10.1 Å². The lowest BCUT2D eigenvalue weighted by atomic mass is 10.0. The monoisotopic (exact) mass is 309 g/mol. The van der Waals surface area contributed by atoms with Crippen molar-refractivity contribution in [2.45, 2.75) is 25.9 Å². The largest absolute Gasteiger partial charge is 0.497 e. The first-order valence-corrected chi connectivity index (χ1v) is 7.06. The van der Waals surface area contributed by atoms with Gasteiger partial charge in [0.15, 0.2) is 17.5 Å². The fourth-order valence-electron chi connectivity index (χ4n) is 2.29. The Labute approximate surface area is 127 Å². The third-order valence-electron chi connectivity index (χ3n) is 3.52. The lowest BCUT2D eigenvalue weighted by Gasteiger charge is -2.18. The van der Waals surface area contributed by atoms with Gasteiger partial charge >= 0.3 is 0 Å². The highest BCUT2D eigenvalue weighted by Gasteiger charge is 2.13. The molecule has 0 heterocycles. The predicted molar refractivity (Wildman–Crippen MR) is 79.2 cm³/mol. The van der Waals surface area contributed by atoms with Crippen molar-refractivity contribution in [3.63, 3.8) is 0 Å². The highest BCUT2D eigenvalue weighted by molar-refractivity contribution is 5.29. The fourth-order valence-corrected chi connectivity index (χ4v) is 2.29. The summed E-state index contributed by atoms with van der Waals surface area (Å²) in [6.45, 7) is 2.26. The number of hydrogen-bond donors (Lipinski definition) is 1. The highest BCUT2D eigenvalue weighted by Crippen LogP contribution is 2.21. The molecule has 0 aliphatic heterocycles. The summed E-state index contributed by atoms with van der Waals surface area (Å²) in [5, 5.41) is 3.22. The van der Waals surface area contributed by atoms with E-state index in [1.807, 2.05) is 31.2 Å². The molecule has 0 radical (unpaired) electrons. The Kier molecular flexibility index (Phi) is 5.44. The van der Waals surface area contributed by atoms with Crippen LogP contribution in [0.5, 0.6) is 5.75 Å². The molecule has 0 aliphatic carbocycles. The van der Waals surface area contributed by atoms with Crippen LogP contribution in [0.15, 0.2) is 36.4 Å². The third kappa shape index (κ3) is 3.80. The average Bonchev–Trinajstić information content (AvgIpc) is 2.53. The van der Waals surface area contributed by atoms with Gasteiger partial charge in [-0.1, -0.05) is 19.1 Å². The first-order chi connectivity index (χ1) is 10.5. The van der Waals surface area contributed by atoms with Crippen LogP contribution in [0, 0.1) is 17.5 Å². The molecule has 0 saturated carbocycles. The van der Waals surface area contributed by atoms with Gasteiger partial charge in [0.25, 0.3) is 0 Å². The van der Waals surface area contributed by atoms with E-state index in [4.69, 9.17) is 4.74 Å². The van der Waals surface area contributed by atoms with Crippen LogP contribution in [0.3, 0.4) is 0 Å². The zero-order chi connectivity index (χ0) is 16.1. The number of rotatable bonds is 6. The lowest BCUT2D eigenvalue weighted by Crippen LogP contribution is -2.20. The van der Waals surface area contributed by atoms with Gasteiger partial charge in [0.1, 0.15) is 5.75 Å². The Morgan fingerprint density at radius 3 is 2.14 bits per heavy atom. The molecular formula is C17H18F3NO. The summed E-state index contributed by atoms with van der Waals surface area (Å²) in [4.78, 5) is 0. The number of ether oxygens (including phenoxy) is 1. The Morgan fingerprint density at radius 2 is 1.64 bits per heavy atom. The van der Waals surface area contributed by atoms with E-state index in [9.17, 15) is 13.2 Å². The minimum Gasteiger partial charge on any atom is -0.497 e. The Hall–Kier alpha value is -2.01. The van der Waals surface area contributed by atoms with Gasteiger partial charge in [0.05, 0.1) is 7.11 Å². The molecular weight excluding hydrogens is 291 g/mol. The molecule has 2 aromatic carbocycles. The molecule has 0 amide bonds. The van der Waals surface area contributed by atoms with Crippen molar-refractivity contribution < 1.29 is 17.9 Å². The van der Waals surface area contributed by atoms with E-state index in [0.717, 1.165) is 29.9 Å². The summed E-state index contributed by atoms with van der Waals surface area (Å²) in [7, 11) is 1.60. The molecule has 0 fully saturated rings. The van der Waals surface area contributed by atoms with Crippen molar-refractivity contribution in [2.75, 3.05) is 7.11 Å². The summed E-state index contributed by atoms with van der Waals surface area (Å²) in [5.74, 6) is -3.02. The molecule has 2 nitrogen and oxygen atoms in total. The molecule has 0 aliphatic rings. The maximum atomic E-state index is 13.2. The normalized spacial score (nSPS) is 12.2. The zero-order valence-corrected chi connectivity index (χ0v) is 12.5. The molecule has 1 N–H and O–H groups in total.